The van der Waals surface area contributed by atoms with Crippen LogP contribution in [0.25, 0.3) is 0 Å². The van der Waals surface area contributed by atoms with E-state index < -0.39 is 0 Å². The molecule has 0 aliphatic rings. The number of nitrogens with zero attached hydrogens (tertiary/aromatic N) is 4. The quantitative estimate of drug-likeness (QED) is 0.583. The summed E-state index contributed by atoms with van der Waals surface area (Å²) >= 11 is 0. The molecule has 0 aliphatic heterocycles. The molecule has 0 unspecified atom stereocenters. The molecule has 2 aromatic rings. The molecule has 0 aliphatic carbocycles. The normalized spacial score (nSPS) is 11.6. The molecule has 2 rings (SSSR count). The van der Waals surface area contributed by atoms with E-state index in [1.54, 1.807) is 19.6 Å². The van der Waals surface area contributed by atoms with Crippen molar-refractivity contribution in [3.05, 3.63) is 36.3 Å². The molecular formula is C14H22N6O. The van der Waals surface area contributed by atoms with E-state index in [1.807, 2.05) is 16.7 Å². The summed E-state index contributed by atoms with van der Waals surface area (Å²) in [6.07, 6.45) is 5.16. The fourth-order valence-electron chi connectivity index (χ4n) is 2.01. The Morgan fingerprint density at radius 3 is 2.95 bits per heavy atom. The molecule has 7 heteroatoms. The maximum Gasteiger partial charge on any atom is 0.191 e. The van der Waals surface area contributed by atoms with E-state index in [-0.39, 0.29) is 0 Å². The number of guanidine groups is 1. The zero-order chi connectivity index (χ0) is 14.9. The van der Waals surface area contributed by atoms with Crippen LogP contribution in [0.4, 0.5) is 0 Å². The van der Waals surface area contributed by atoms with Gasteiger partial charge in [-0.05, 0) is 12.1 Å². The van der Waals surface area contributed by atoms with Crippen LogP contribution in [-0.2, 0) is 19.4 Å². The van der Waals surface area contributed by atoms with Gasteiger partial charge in [0.25, 0.3) is 0 Å². The highest BCUT2D eigenvalue weighted by atomic mass is 16.3. The van der Waals surface area contributed by atoms with Gasteiger partial charge in [0.1, 0.15) is 17.9 Å². The first-order valence-corrected chi connectivity index (χ1v) is 7.17. The average Bonchev–Trinajstić information content (AvgIpc) is 3.16. The molecule has 0 bridgehead atoms. The molecule has 0 saturated carbocycles. The number of hydrogen-bond acceptors (Lipinski definition) is 4. The number of aliphatic imine (C=N–C) groups is 1. The minimum atomic E-state index is 0.769. The first kappa shape index (κ1) is 15.1. The Hall–Kier alpha value is -2.31. The summed E-state index contributed by atoms with van der Waals surface area (Å²) in [5.41, 5.74) is 0. The van der Waals surface area contributed by atoms with E-state index in [0.717, 1.165) is 50.0 Å². The molecule has 0 fully saturated rings. The molecule has 21 heavy (non-hydrogen) atoms. The van der Waals surface area contributed by atoms with Crippen molar-refractivity contribution in [1.29, 1.82) is 0 Å². The van der Waals surface area contributed by atoms with Crippen LogP contribution in [-0.4, -0.2) is 40.9 Å². The molecule has 2 heterocycles. The molecule has 0 amide bonds. The predicted molar refractivity (Wildman–Crippen MR) is 81.2 cm³/mol. The van der Waals surface area contributed by atoms with Gasteiger partial charge in [0.05, 0.1) is 6.26 Å². The highest BCUT2D eigenvalue weighted by Crippen LogP contribution is 1.99. The first-order chi connectivity index (χ1) is 10.3. The summed E-state index contributed by atoms with van der Waals surface area (Å²) in [5, 5.41) is 14.5. The minimum Gasteiger partial charge on any atom is -0.469 e. The van der Waals surface area contributed by atoms with E-state index >= 15 is 0 Å². The average molecular weight is 290 g/mol. The maximum absolute atomic E-state index is 5.29. The van der Waals surface area contributed by atoms with Crippen LogP contribution >= 0.6 is 0 Å². The van der Waals surface area contributed by atoms with Crippen LogP contribution < -0.4 is 10.6 Å². The summed E-state index contributed by atoms with van der Waals surface area (Å²) in [6.45, 7) is 4.43. The van der Waals surface area contributed by atoms with E-state index in [9.17, 15) is 0 Å². The number of aryl methyl sites for hydroxylation is 1. The summed E-state index contributed by atoms with van der Waals surface area (Å²) < 4.78 is 7.33. The fraction of sp³-hybridized carbons (Fsp3) is 0.500. The second-order valence-electron chi connectivity index (χ2n) is 4.55. The van der Waals surface area contributed by atoms with Gasteiger partial charge in [-0.15, -0.1) is 10.2 Å². The zero-order valence-electron chi connectivity index (χ0n) is 12.5. The van der Waals surface area contributed by atoms with E-state index in [1.165, 1.54) is 0 Å². The highest BCUT2D eigenvalue weighted by molar-refractivity contribution is 5.79. The van der Waals surface area contributed by atoms with Crippen molar-refractivity contribution < 1.29 is 4.42 Å². The smallest absolute Gasteiger partial charge is 0.191 e. The van der Waals surface area contributed by atoms with Gasteiger partial charge in [0.15, 0.2) is 5.96 Å². The first-order valence-electron chi connectivity index (χ1n) is 7.17. The van der Waals surface area contributed by atoms with Gasteiger partial charge >= 0.3 is 0 Å². The Labute approximate surface area is 124 Å². The number of nitrogens with one attached hydrogen (secondary N) is 2. The van der Waals surface area contributed by atoms with E-state index in [0.29, 0.717) is 0 Å². The number of hydrogen-bond donors (Lipinski definition) is 2. The Morgan fingerprint density at radius 2 is 2.24 bits per heavy atom. The minimum absolute atomic E-state index is 0.769. The molecule has 2 N–H and O–H groups in total. The molecule has 0 spiro atoms. The molecule has 2 aromatic heterocycles. The van der Waals surface area contributed by atoms with Gasteiger partial charge in [-0.3, -0.25) is 4.99 Å². The lowest BCUT2D eigenvalue weighted by molar-refractivity contribution is 0.506. The molecule has 0 radical (unpaired) electrons. The predicted octanol–water partition coefficient (Wildman–Crippen LogP) is 0.841. The Morgan fingerprint density at radius 1 is 1.38 bits per heavy atom. The van der Waals surface area contributed by atoms with Gasteiger partial charge in [0.2, 0.25) is 0 Å². The van der Waals surface area contributed by atoms with Crippen molar-refractivity contribution in [2.24, 2.45) is 4.99 Å². The SMILES string of the molecule is CCc1nncn1CCNC(=NC)NCCc1ccco1. The third-order valence-corrected chi connectivity index (χ3v) is 3.12. The topological polar surface area (TPSA) is 80.3 Å². The summed E-state index contributed by atoms with van der Waals surface area (Å²) in [5.74, 6) is 2.75. The highest BCUT2D eigenvalue weighted by Gasteiger charge is 2.02. The van der Waals surface area contributed by atoms with Crippen LogP contribution in [0.5, 0.6) is 0 Å². The third-order valence-electron chi connectivity index (χ3n) is 3.12. The lowest BCUT2D eigenvalue weighted by Gasteiger charge is -2.12. The van der Waals surface area contributed by atoms with E-state index in [2.05, 4.69) is 32.7 Å². The van der Waals surface area contributed by atoms with Crippen LogP contribution in [0, 0.1) is 0 Å². The van der Waals surface area contributed by atoms with Crippen molar-refractivity contribution in [3.63, 3.8) is 0 Å². The second kappa shape index (κ2) is 8.08. The summed E-state index contributed by atoms with van der Waals surface area (Å²) in [4.78, 5) is 4.19. The van der Waals surface area contributed by atoms with Crippen molar-refractivity contribution in [2.45, 2.75) is 26.3 Å². The van der Waals surface area contributed by atoms with Crippen LogP contribution in [0.1, 0.15) is 18.5 Å². The lowest BCUT2D eigenvalue weighted by Crippen LogP contribution is -2.39. The number of rotatable bonds is 7. The van der Waals surface area contributed by atoms with Crippen molar-refractivity contribution in [2.75, 3.05) is 20.1 Å². The van der Waals surface area contributed by atoms with Crippen LogP contribution in [0.15, 0.2) is 34.1 Å². The zero-order valence-corrected chi connectivity index (χ0v) is 12.5. The summed E-state index contributed by atoms with van der Waals surface area (Å²) in [6, 6.07) is 3.86. The Bertz CT molecular complexity index is 546. The fourth-order valence-corrected chi connectivity index (χ4v) is 2.01. The Balaban J connectivity index is 1.68. The second-order valence-corrected chi connectivity index (χ2v) is 4.55. The largest absolute Gasteiger partial charge is 0.469 e. The van der Waals surface area contributed by atoms with Crippen LogP contribution in [0.2, 0.25) is 0 Å². The van der Waals surface area contributed by atoms with Crippen molar-refractivity contribution >= 4 is 5.96 Å². The molecule has 0 atom stereocenters. The molecule has 0 aromatic carbocycles. The standard InChI is InChI=1S/C14H22N6O/c1-3-13-19-18-11-20(13)9-8-17-14(15-2)16-7-6-12-5-4-10-21-12/h4-5,10-11H,3,6-9H2,1-2H3,(H2,15,16,17). The molecule has 114 valence electrons. The van der Waals surface area contributed by atoms with Gasteiger partial charge in [-0.1, -0.05) is 6.92 Å². The van der Waals surface area contributed by atoms with Gasteiger partial charge < -0.3 is 19.6 Å². The number of furan rings is 1. The lowest BCUT2D eigenvalue weighted by atomic mass is 10.3. The molecule has 0 saturated heterocycles. The molecular weight excluding hydrogens is 268 g/mol. The molecule has 7 nitrogen and oxygen atoms in total. The van der Waals surface area contributed by atoms with Gasteiger partial charge in [-0.2, -0.15) is 0 Å². The summed E-state index contributed by atoms with van der Waals surface area (Å²) in [7, 11) is 1.76. The third kappa shape index (κ3) is 4.62. The van der Waals surface area contributed by atoms with Crippen molar-refractivity contribution in [3.8, 4) is 0 Å². The van der Waals surface area contributed by atoms with Gasteiger partial charge in [-0.25, -0.2) is 0 Å². The Kier molecular flexibility index (Phi) is 5.81. The maximum atomic E-state index is 5.29. The van der Waals surface area contributed by atoms with Gasteiger partial charge in [0, 0.05) is 39.5 Å². The van der Waals surface area contributed by atoms with E-state index in [4.69, 9.17) is 4.42 Å². The monoisotopic (exact) mass is 290 g/mol. The van der Waals surface area contributed by atoms with Crippen molar-refractivity contribution in [1.82, 2.24) is 25.4 Å². The number of aromatic nitrogens is 3. The van der Waals surface area contributed by atoms with Crippen LogP contribution in [0.3, 0.4) is 0 Å².